The monoisotopic (exact) mass is 453 g/mol. The van der Waals surface area contributed by atoms with E-state index in [1.807, 2.05) is 48.7 Å². The van der Waals surface area contributed by atoms with Crippen molar-refractivity contribution in [3.05, 3.63) is 97.0 Å². The minimum Gasteiger partial charge on any atom is -0.452 e. The van der Waals surface area contributed by atoms with Crippen molar-refractivity contribution in [2.24, 2.45) is 0 Å². The molecule has 8 heteroatoms. The third kappa shape index (κ3) is 5.18. The Morgan fingerprint density at radius 3 is 2.47 bits per heavy atom. The molecule has 2 aromatic heterocycles. The number of nitrogens with zero attached hydrogens (tertiary/aromatic N) is 4. The summed E-state index contributed by atoms with van der Waals surface area (Å²) < 4.78 is 6.48. The molecule has 0 bridgehead atoms. The van der Waals surface area contributed by atoms with Crippen LogP contribution in [0.4, 0.5) is 16.2 Å². The highest BCUT2D eigenvalue weighted by Gasteiger charge is 2.12. The molecule has 0 atom stereocenters. The van der Waals surface area contributed by atoms with Gasteiger partial charge in [-0.1, -0.05) is 18.2 Å². The van der Waals surface area contributed by atoms with E-state index >= 15 is 0 Å². The van der Waals surface area contributed by atoms with Gasteiger partial charge in [0.15, 0.2) is 0 Å². The maximum absolute atomic E-state index is 12.6. The highest BCUT2D eigenvalue weighted by molar-refractivity contribution is 6.02. The fourth-order valence-corrected chi connectivity index (χ4v) is 3.31. The van der Waals surface area contributed by atoms with E-state index in [1.165, 1.54) is 18.1 Å². The van der Waals surface area contributed by atoms with Gasteiger partial charge < -0.3 is 10.1 Å². The van der Waals surface area contributed by atoms with Gasteiger partial charge in [-0.3, -0.25) is 14.7 Å². The number of benzene rings is 2. The molecule has 2 heterocycles. The van der Waals surface area contributed by atoms with Crippen LogP contribution in [0.3, 0.4) is 0 Å². The predicted molar refractivity (Wildman–Crippen MR) is 132 cm³/mol. The number of para-hydroxylation sites is 1. The normalized spacial score (nSPS) is 10.8. The fraction of sp³-hybridized carbons (Fsp3) is 0.0769. The number of hydrogen-bond acceptors (Lipinski definition) is 5. The molecular weight excluding hydrogens is 430 g/mol. The van der Waals surface area contributed by atoms with E-state index in [4.69, 9.17) is 9.84 Å². The van der Waals surface area contributed by atoms with Crippen LogP contribution in [0.25, 0.3) is 23.0 Å². The van der Waals surface area contributed by atoms with Crippen LogP contribution in [0.2, 0.25) is 0 Å². The number of pyridine rings is 1. The molecular formula is C26H23N5O3. The van der Waals surface area contributed by atoms with Crippen molar-refractivity contribution in [2.75, 3.05) is 24.4 Å². The first kappa shape index (κ1) is 22.5. The van der Waals surface area contributed by atoms with Gasteiger partial charge in [0.05, 0.1) is 12.8 Å². The Hall–Kier alpha value is -4.72. The van der Waals surface area contributed by atoms with Crippen molar-refractivity contribution in [1.29, 1.82) is 0 Å². The molecule has 1 N–H and O–H groups in total. The van der Waals surface area contributed by atoms with Crippen LogP contribution in [0.15, 0.2) is 91.4 Å². The van der Waals surface area contributed by atoms with E-state index in [1.54, 1.807) is 54.5 Å². The molecule has 4 rings (SSSR count). The highest BCUT2D eigenvalue weighted by Crippen LogP contribution is 2.24. The maximum atomic E-state index is 12.6. The number of aromatic nitrogens is 3. The zero-order valence-electron chi connectivity index (χ0n) is 18.8. The number of ether oxygens (including phenoxy) is 1. The second-order valence-electron chi connectivity index (χ2n) is 7.35. The SMILES string of the molecule is COC(=O)N(C)c1ccc(NC(=O)/C=C/c2cn(-c3ccccc3)nc2-c2cccnc2)cc1. The zero-order valence-corrected chi connectivity index (χ0v) is 18.8. The molecule has 0 unspecified atom stereocenters. The summed E-state index contributed by atoms with van der Waals surface area (Å²) in [7, 11) is 2.93. The summed E-state index contributed by atoms with van der Waals surface area (Å²) >= 11 is 0. The van der Waals surface area contributed by atoms with Crippen LogP contribution in [0.5, 0.6) is 0 Å². The molecule has 2 aromatic carbocycles. The van der Waals surface area contributed by atoms with Gasteiger partial charge in [-0.2, -0.15) is 5.10 Å². The molecule has 2 amide bonds. The summed E-state index contributed by atoms with van der Waals surface area (Å²) in [6.45, 7) is 0. The number of anilines is 2. The Balaban J connectivity index is 1.53. The van der Waals surface area contributed by atoms with Gasteiger partial charge in [-0.25, -0.2) is 9.48 Å². The average Bonchev–Trinajstić information content (AvgIpc) is 3.32. The second kappa shape index (κ2) is 10.3. The van der Waals surface area contributed by atoms with Crippen molar-refractivity contribution < 1.29 is 14.3 Å². The van der Waals surface area contributed by atoms with Gasteiger partial charge in [-0.15, -0.1) is 0 Å². The molecule has 0 aliphatic carbocycles. The Kier molecular flexibility index (Phi) is 6.78. The van der Waals surface area contributed by atoms with E-state index in [0.717, 1.165) is 22.5 Å². The predicted octanol–water partition coefficient (Wildman–Crippen LogP) is 4.79. The molecule has 4 aromatic rings. The van der Waals surface area contributed by atoms with E-state index < -0.39 is 6.09 Å². The Labute approximate surface area is 197 Å². The molecule has 34 heavy (non-hydrogen) atoms. The summed E-state index contributed by atoms with van der Waals surface area (Å²) in [5, 5.41) is 7.53. The van der Waals surface area contributed by atoms with E-state index in [9.17, 15) is 9.59 Å². The van der Waals surface area contributed by atoms with Crippen molar-refractivity contribution in [3.63, 3.8) is 0 Å². The minimum absolute atomic E-state index is 0.293. The topological polar surface area (TPSA) is 89.4 Å². The lowest BCUT2D eigenvalue weighted by atomic mass is 10.1. The molecule has 0 aliphatic heterocycles. The van der Waals surface area contributed by atoms with E-state index in [-0.39, 0.29) is 5.91 Å². The van der Waals surface area contributed by atoms with Crippen LogP contribution in [0.1, 0.15) is 5.56 Å². The number of carbonyl (C=O) groups is 2. The van der Waals surface area contributed by atoms with Gasteiger partial charge in [0.1, 0.15) is 5.69 Å². The van der Waals surface area contributed by atoms with Crippen LogP contribution in [0, 0.1) is 0 Å². The van der Waals surface area contributed by atoms with Gasteiger partial charge in [0.25, 0.3) is 0 Å². The maximum Gasteiger partial charge on any atom is 0.413 e. The smallest absolute Gasteiger partial charge is 0.413 e. The minimum atomic E-state index is -0.472. The Morgan fingerprint density at radius 1 is 1.03 bits per heavy atom. The van der Waals surface area contributed by atoms with Gasteiger partial charge in [0.2, 0.25) is 5.91 Å². The first-order valence-corrected chi connectivity index (χ1v) is 10.5. The largest absolute Gasteiger partial charge is 0.452 e. The molecule has 0 radical (unpaired) electrons. The van der Waals surface area contributed by atoms with Crippen molar-refractivity contribution in [2.45, 2.75) is 0 Å². The van der Waals surface area contributed by atoms with Gasteiger partial charge >= 0.3 is 6.09 Å². The summed E-state index contributed by atoms with van der Waals surface area (Å²) in [4.78, 5) is 29.7. The lowest BCUT2D eigenvalue weighted by Crippen LogP contribution is -2.25. The molecule has 8 nitrogen and oxygen atoms in total. The van der Waals surface area contributed by atoms with E-state index in [2.05, 4.69) is 10.3 Å². The highest BCUT2D eigenvalue weighted by atomic mass is 16.5. The molecule has 0 saturated carbocycles. The number of nitrogens with one attached hydrogen (secondary N) is 1. The summed E-state index contributed by atoms with van der Waals surface area (Å²) in [5.41, 5.74) is 4.51. The van der Waals surface area contributed by atoms with Crippen LogP contribution < -0.4 is 10.2 Å². The summed E-state index contributed by atoms with van der Waals surface area (Å²) in [6, 6.07) is 20.4. The van der Waals surface area contributed by atoms with Crippen molar-refractivity contribution in [3.8, 4) is 16.9 Å². The Morgan fingerprint density at radius 2 is 1.79 bits per heavy atom. The number of hydrogen-bond donors (Lipinski definition) is 1. The number of amides is 2. The van der Waals surface area contributed by atoms with E-state index in [0.29, 0.717) is 11.4 Å². The summed E-state index contributed by atoms with van der Waals surface area (Å²) in [6.07, 6.45) is 8.03. The molecule has 170 valence electrons. The first-order chi connectivity index (χ1) is 16.5. The van der Waals surface area contributed by atoms with Crippen molar-refractivity contribution >= 4 is 29.5 Å². The molecule has 0 saturated heterocycles. The third-order valence-electron chi connectivity index (χ3n) is 5.08. The lowest BCUT2D eigenvalue weighted by Gasteiger charge is -2.15. The standard InChI is InChI=1S/C26H23N5O3/c1-30(26(33)34-2)22-13-11-21(12-14-22)28-24(32)15-10-20-18-31(23-8-4-3-5-9-23)29-25(20)19-7-6-16-27-17-19/h3-18H,1-2H3,(H,28,32)/b15-10+. The van der Waals surface area contributed by atoms with Gasteiger partial charge in [0, 0.05) is 54.2 Å². The first-order valence-electron chi connectivity index (χ1n) is 10.5. The Bertz CT molecular complexity index is 1300. The van der Waals surface area contributed by atoms with Gasteiger partial charge in [-0.05, 0) is 54.6 Å². The fourth-order valence-electron chi connectivity index (χ4n) is 3.31. The number of rotatable bonds is 6. The third-order valence-corrected chi connectivity index (χ3v) is 5.08. The molecule has 0 fully saturated rings. The molecule has 0 aliphatic rings. The van der Waals surface area contributed by atoms with Crippen LogP contribution in [-0.4, -0.2) is 40.9 Å². The zero-order chi connectivity index (χ0) is 23.9. The quantitative estimate of drug-likeness (QED) is 0.424. The second-order valence-corrected chi connectivity index (χ2v) is 7.35. The van der Waals surface area contributed by atoms with Crippen LogP contribution in [-0.2, 0) is 9.53 Å². The number of methoxy groups -OCH3 is 1. The van der Waals surface area contributed by atoms with Crippen molar-refractivity contribution in [1.82, 2.24) is 14.8 Å². The number of carbonyl (C=O) groups excluding carboxylic acids is 2. The average molecular weight is 454 g/mol. The van der Waals surface area contributed by atoms with Crippen LogP contribution >= 0.6 is 0 Å². The molecule has 0 spiro atoms. The summed E-state index contributed by atoms with van der Waals surface area (Å²) in [5.74, 6) is -0.293. The lowest BCUT2D eigenvalue weighted by molar-refractivity contribution is -0.111.